The van der Waals surface area contributed by atoms with Crippen LogP contribution in [-0.4, -0.2) is 23.5 Å². The van der Waals surface area contributed by atoms with E-state index in [-0.39, 0.29) is 0 Å². The van der Waals surface area contributed by atoms with E-state index in [4.69, 9.17) is 4.42 Å². The molecule has 0 saturated heterocycles. The van der Waals surface area contributed by atoms with Crippen LogP contribution < -0.4 is 5.32 Å². The van der Waals surface area contributed by atoms with Gasteiger partial charge in [0.15, 0.2) is 0 Å². The molecule has 2 aromatic heterocycles. The zero-order valence-corrected chi connectivity index (χ0v) is 14.2. The van der Waals surface area contributed by atoms with E-state index in [0.717, 1.165) is 43.4 Å². The molecule has 0 fully saturated rings. The van der Waals surface area contributed by atoms with Gasteiger partial charge >= 0.3 is 0 Å². The van der Waals surface area contributed by atoms with E-state index < -0.39 is 0 Å². The third kappa shape index (κ3) is 5.26. The maximum Gasteiger partial charge on any atom is 0.118 e. The Labute approximate surface area is 131 Å². The van der Waals surface area contributed by atoms with Gasteiger partial charge in [0.05, 0.1) is 24.3 Å². The number of thiazole rings is 1. The van der Waals surface area contributed by atoms with Gasteiger partial charge in [-0.2, -0.15) is 0 Å². The maximum absolute atomic E-state index is 5.87. The van der Waals surface area contributed by atoms with E-state index in [1.165, 1.54) is 4.88 Å². The molecule has 0 aliphatic heterocycles. The highest BCUT2D eigenvalue weighted by molar-refractivity contribution is 7.09. The van der Waals surface area contributed by atoms with Gasteiger partial charge in [0.25, 0.3) is 0 Å². The van der Waals surface area contributed by atoms with Crippen molar-refractivity contribution in [2.45, 2.75) is 40.4 Å². The number of rotatable bonds is 8. The molecule has 4 nitrogen and oxygen atoms in total. The van der Waals surface area contributed by atoms with Crippen molar-refractivity contribution >= 4 is 11.3 Å². The lowest BCUT2D eigenvalue weighted by Gasteiger charge is -2.14. The van der Waals surface area contributed by atoms with Gasteiger partial charge in [-0.15, -0.1) is 11.3 Å². The molecule has 0 spiro atoms. The summed E-state index contributed by atoms with van der Waals surface area (Å²) in [5.74, 6) is 2.68. The summed E-state index contributed by atoms with van der Waals surface area (Å²) in [4.78, 5) is 7.87. The molecule has 5 heteroatoms. The van der Waals surface area contributed by atoms with Crippen LogP contribution in [0.15, 0.2) is 22.1 Å². The Bertz CT molecular complexity index is 547. The Morgan fingerprint density at radius 2 is 2.05 bits per heavy atom. The predicted octanol–water partition coefficient (Wildman–Crippen LogP) is 3.42. The summed E-state index contributed by atoms with van der Waals surface area (Å²) in [5.41, 5.74) is 3.04. The van der Waals surface area contributed by atoms with E-state index >= 15 is 0 Å². The molecule has 2 heterocycles. The zero-order chi connectivity index (χ0) is 15.2. The number of hydrogen-bond acceptors (Lipinski definition) is 5. The molecule has 0 amide bonds. The van der Waals surface area contributed by atoms with Crippen LogP contribution in [0.1, 0.15) is 35.9 Å². The topological polar surface area (TPSA) is 41.3 Å². The molecule has 2 aromatic rings. The second kappa shape index (κ2) is 7.73. The molecule has 0 atom stereocenters. The molecule has 0 unspecified atom stereocenters. The predicted molar refractivity (Wildman–Crippen MR) is 87.3 cm³/mol. The van der Waals surface area contributed by atoms with Crippen molar-refractivity contribution in [1.29, 1.82) is 0 Å². The average molecular weight is 307 g/mol. The van der Waals surface area contributed by atoms with Crippen LogP contribution in [0.2, 0.25) is 0 Å². The minimum Gasteiger partial charge on any atom is -0.463 e. The summed E-state index contributed by atoms with van der Waals surface area (Å²) in [6.07, 6.45) is 0. The van der Waals surface area contributed by atoms with Crippen molar-refractivity contribution in [3.8, 4) is 0 Å². The number of nitrogens with one attached hydrogen (secondary N) is 1. The first-order chi connectivity index (χ1) is 10.0. The molecule has 0 radical (unpaired) electrons. The van der Waals surface area contributed by atoms with Crippen LogP contribution >= 0.6 is 11.3 Å². The Hall–Kier alpha value is -1.17. The molecule has 0 aromatic carbocycles. The summed E-state index contributed by atoms with van der Waals surface area (Å²) < 4.78 is 5.87. The third-order valence-electron chi connectivity index (χ3n) is 3.25. The van der Waals surface area contributed by atoms with Crippen molar-refractivity contribution < 1.29 is 4.42 Å². The van der Waals surface area contributed by atoms with E-state index in [1.807, 2.05) is 5.51 Å². The van der Waals surface area contributed by atoms with Crippen LogP contribution in [0.4, 0.5) is 0 Å². The van der Waals surface area contributed by atoms with Gasteiger partial charge in [-0.3, -0.25) is 4.90 Å². The summed E-state index contributed by atoms with van der Waals surface area (Å²) in [6, 6.07) is 4.14. The fraction of sp³-hybridized carbons (Fsp3) is 0.562. The first-order valence-corrected chi connectivity index (χ1v) is 8.28. The van der Waals surface area contributed by atoms with Crippen molar-refractivity contribution in [3.63, 3.8) is 0 Å². The minimum atomic E-state index is 0.660. The highest BCUT2D eigenvalue weighted by Crippen LogP contribution is 2.16. The Morgan fingerprint density at radius 1 is 1.29 bits per heavy atom. The molecule has 1 N–H and O–H groups in total. The molecule has 21 heavy (non-hydrogen) atoms. The largest absolute Gasteiger partial charge is 0.463 e. The molecule has 2 rings (SSSR count). The Morgan fingerprint density at radius 3 is 2.71 bits per heavy atom. The van der Waals surface area contributed by atoms with Gasteiger partial charge < -0.3 is 9.73 Å². The van der Waals surface area contributed by atoms with Crippen LogP contribution in [0.5, 0.6) is 0 Å². The van der Waals surface area contributed by atoms with Crippen LogP contribution in [0.3, 0.4) is 0 Å². The van der Waals surface area contributed by atoms with Gasteiger partial charge in [-0.25, -0.2) is 4.98 Å². The maximum atomic E-state index is 5.87. The van der Waals surface area contributed by atoms with Gasteiger partial charge in [0, 0.05) is 11.4 Å². The Kier molecular flexibility index (Phi) is 5.96. The van der Waals surface area contributed by atoms with Gasteiger partial charge in [0.1, 0.15) is 11.5 Å². The fourth-order valence-electron chi connectivity index (χ4n) is 2.13. The Balaban J connectivity index is 1.80. The number of nitrogens with zero attached hydrogens (tertiary/aromatic N) is 2. The van der Waals surface area contributed by atoms with Crippen molar-refractivity contribution in [1.82, 2.24) is 15.2 Å². The number of hydrogen-bond donors (Lipinski definition) is 1. The second-order valence-electron chi connectivity index (χ2n) is 5.93. The first-order valence-electron chi connectivity index (χ1n) is 7.40. The molecule has 0 saturated carbocycles. The molecule has 0 aliphatic carbocycles. The molecule has 0 bridgehead atoms. The fourth-order valence-corrected chi connectivity index (χ4v) is 2.99. The van der Waals surface area contributed by atoms with Crippen LogP contribution in [0.25, 0.3) is 0 Å². The van der Waals surface area contributed by atoms with Gasteiger partial charge in [-0.1, -0.05) is 13.8 Å². The molecule has 116 valence electrons. The summed E-state index contributed by atoms with van der Waals surface area (Å²) in [6.45, 7) is 10.0. The average Bonchev–Trinajstić information content (AvgIpc) is 3.00. The highest BCUT2D eigenvalue weighted by atomic mass is 32.1. The lowest BCUT2D eigenvalue weighted by Crippen LogP contribution is -2.18. The number of aryl methyl sites for hydroxylation is 1. The van der Waals surface area contributed by atoms with Crippen molar-refractivity contribution in [2.24, 2.45) is 5.92 Å². The lowest BCUT2D eigenvalue weighted by atomic mass is 10.2. The number of furan rings is 1. The van der Waals surface area contributed by atoms with Crippen LogP contribution in [-0.2, 0) is 19.6 Å². The quantitative estimate of drug-likeness (QED) is 0.811. The second-order valence-corrected chi connectivity index (χ2v) is 6.87. The standard InChI is InChI=1S/C16H25N3OS/c1-12(2)7-17-8-14-5-6-15(20-14)9-19(4)10-16-13(3)18-11-21-16/h5-6,11-12,17H,7-10H2,1-4H3. The summed E-state index contributed by atoms with van der Waals surface area (Å²) in [7, 11) is 2.11. The number of aromatic nitrogens is 1. The molecule has 0 aliphatic rings. The SMILES string of the molecule is Cc1ncsc1CN(C)Cc1ccc(CNCC(C)C)o1. The third-order valence-corrected chi connectivity index (χ3v) is 4.17. The van der Waals surface area contributed by atoms with Gasteiger partial charge in [-0.05, 0) is 38.6 Å². The van der Waals surface area contributed by atoms with Crippen molar-refractivity contribution in [3.05, 3.63) is 39.7 Å². The lowest BCUT2D eigenvalue weighted by molar-refractivity contribution is 0.284. The zero-order valence-electron chi connectivity index (χ0n) is 13.3. The smallest absolute Gasteiger partial charge is 0.118 e. The minimum absolute atomic E-state index is 0.660. The monoisotopic (exact) mass is 307 g/mol. The normalized spacial score (nSPS) is 11.7. The van der Waals surface area contributed by atoms with Crippen LogP contribution in [0, 0.1) is 12.8 Å². The first kappa shape index (κ1) is 16.2. The molecular weight excluding hydrogens is 282 g/mol. The van der Waals surface area contributed by atoms with E-state index in [0.29, 0.717) is 5.92 Å². The summed E-state index contributed by atoms with van der Waals surface area (Å²) >= 11 is 1.71. The summed E-state index contributed by atoms with van der Waals surface area (Å²) in [5, 5.41) is 3.40. The molecular formula is C16H25N3OS. The highest BCUT2D eigenvalue weighted by Gasteiger charge is 2.09. The van der Waals surface area contributed by atoms with E-state index in [9.17, 15) is 0 Å². The van der Waals surface area contributed by atoms with Crippen molar-refractivity contribution in [2.75, 3.05) is 13.6 Å². The van der Waals surface area contributed by atoms with E-state index in [2.05, 4.69) is 55.2 Å². The van der Waals surface area contributed by atoms with E-state index in [1.54, 1.807) is 11.3 Å². The van der Waals surface area contributed by atoms with Gasteiger partial charge in [0.2, 0.25) is 0 Å².